The van der Waals surface area contributed by atoms with Gasteiger partial charge in [0.25, 0.3) is 0 Å². The van der Waals surface area contributed by atoms with Gasteiger partial charge in [0.15, 0.2) is 0 Å². The molecule has 0 amide bonds. The highest BCUT2D eigenvalue weighted by atomic mass is 16.3. The smallest absolute Gasteiger partial charge is 0.0987 e. The Morgan fingerprint density at radius 1 is 1.31 bits per heavy atom. The first kappa shape index (κ1) is 12.9. The lowest BCUT2D eigenvalue weighted by Crippen LogP contribution is -2.41. The molecule has 0 aromatic heterocycles. The normalized spacial score (nSPS) is 22.3. The van der Waals surface area contributed by atoms with Crippen LogP contribution >= 0.6 is 0 Å². The van der Waals surface area contributed by atoms with Crippen LogP contribution in [0.1, 0.15) is 26.7 Å². The van der Waals surface area contributed by atoms with Crippen LogP contribution < -0.4 is 11.5 Å². The quantitative estimate of drug-likeness (QED) is 0.619. The third-order valence-electron chi connectivity index (χ3n) is 3.23. The molecule has 16 heavy (non-hydrogen) atoms. The number of nitrogens with two attached hydrogens (primary N) is 2. The summed E-state index contributed by atoms with van der Waals surface area (Å²) in [5.74, 6) is 0.754. The molecule has 0 bridgehead atoms. The average Bonchev–Trinajstić information content (AvgIpc) is 2.27. The van der Waals surface area contributed by atoms with Crippen molar-refractivity contribution in [2.45, 2.75) is 26.7 Å². The largest absolute Gasteiger partial charge is 0.402 e. The Hall–Kier alpha value is -1.16. The Morgan fingerprint density at radius 2 is 1.88 bits per heavy atom. The van der Waals surface area contributed by atoms with Gasteiger partial charge in [0.2, 0.25) is 0 Å². The minimum atomic E-state index is 0.0659. The van der Waals surface area contributed by atoms with Crippen LogP contribution in [0.15, 0.2) is 23.7 Å². The number of hydrogen-bond acceptors (Lipinski definition) is 4. The third-order valence-corrected chi connectivity index (χ3v) is 3.23. The average molecular weight is 225 g/mol. The lowest BCUT2D eigenvalue weighted by Gasteiger charge is -2.39. The summed E-state index contributed by atoms with van der Waals surface area (Å²) in [6, 6.07) is 0. The molecule has 0 aromatic carbocycles. The molecule has 0 spiro atoms. The highest BCUT2D eigenvalue weighted by Gasteiger charge is 2.29. The fourth-order valence-corrected chi connectivity index (χ4v) is 1.79. The molecule has 4 nitrogen and oxygen atoms in total. The second kappa shape index (κ2) is 5.25. The number of piperidine rings is 1. The van der Waals surface area contributed by atoms with E-state index in [1.165, 1.54) is 0 Å². The van der Waals surface area contributed by atoms with Crippen molar-refractivity contribution in [1.29, 1.82) is 0 Å². The highest BCUT2D eigenvalue weighted by molar-refractivity contribution is 5.13. The molecule has 1 aliphatic heterocycles. The molecule has 92 valence electrons. The molecule has 0 atom stereocenters. The number of hydrogen-bond donors (Lipinski definition) is 3. The summed E-state index contributed by atoms with van der Waals surface area (Å²) in [4.78, 5) is 2.14. The van der Waals surface area contributed by atoms with E-state index in [0.29, 0.717) is 0 Å². The van der Waals surface area contributed by atoms with E-state index in [4.69, 9.17) is 11.5 Å². The number of allylic oxidation sites excluding steroid dienone is 3. The first-order valence-electron chi connectivity index (χ1n) is 5.72. The summed E-state index contributed by atoms with van der Waals surface area (Å²) in [6.45, 7) is 6.01. The fraction of sp³-hybridized carbons (Fsp3) is 0.667. The minimum Gasteiger partial charge on any atom is -0.402 e. The van der Waals surface area contributed by atoms with E-state index in [2.05, 4.69) is 11.8 Å². The van der Waals surface area contributed by atoms with Crippen LogP contribution in [0.5, 0.6) is 0 Å². The Morgan fingerprint density at radius 3 is 2.31 bits per heavy atom. The second-order valence-corrected chi connectivity index (χ2v) is 4.96. The zero-order valence-corrected chi connectivity index (χ0v) is 10.2. The maximum absolute atomic E-state index is 9.26. The van der Waals surface area contributed by atoms with Gasteiger partial charge in [0.1, 0.15) is 0 Å². The standard InChI is InChI=1S/C12H23N3O/c1-10(13)3-4-11(14)15-7-5-12(2,9-16)6-8-15/h3-4,16H,5-9,13-14H2,1-2H3/b10-3-,11-4+. The predicted octanol–water partition coefficient (Wildman–Crippen LogP) is 0.743. The predicted molar refractivity (Wildman–Crippen MR) is 66.2 cm³/mol. The zero-order chi connectivity index (χ0) is 12.2. The molecule has 5 N–H and O–H groups in total. The van der Waals surface area contributed by atoms with Gasteiger partial charge in [0.05, 0.1) is 5.82 Å². The number of aliphatic hydroxyl groups is 1. The molecule has 1 saturated heterocycles. The van der Waals surface area contributed by atoms with E-state index in [1.54, 1.807) is 0 Å². The van der Waals surface area contributed by atoms with Crippen molar-refractivity contribution in [1.82, 2.24) is 4.90 Å². The van der Waals surface area contributed by atoms with Gasteiger partial charge in [-0.05, 0) is 37.3 Å². The van der Waals surface area contributed by atoms with E-state index in [9.17, 15) is 5.11 Å². The van der Waals surface area contributed by atoms with Gasteiger partial charge >= 0.3 is 0 Å². The lowest BCUT2D eigenvalue weighted by atomic mass is 9.81. The first-order valence-corrected chi connectivity index (χ1v) is 5.72. The van der Waals surface area contributed by atoms with Crippen molar-refractivity contribution < 1.29 is 5.11 Å². The molecule has 0 unspecified atom stereocenters. The van der Waals surface area contributed by atoms with Gasteiger partial charge < -0.3 is 21.5 Å². The Bertz CT molecular complexity index is 285. The van der Waals surface area contributed by atoms with E-state index < -0.39 is 0 Å². The number of nitrogens with zero attached hydrogens (tertiary/aromatic N) is 1. The second-order valence-electron chi connectivity index (χ2n) is 4.96. The molecule has 4 heteroatoms. The van der Waals surface area contributed by atoms with Gasteiger partial charge in [0, 0.05) is 25.4 Å². The minimum absolute atomic E-state index is 0.0659. The van der Waals surface area contributed by atoms with Crippen molar-refractivity contribution in [3.63, 3.8) is 0 Å². The highest BCUT2D eigenvalue weighted by Crippen LogP contribution is 2.30. The molecule has 1 rings (SSSR count). The maximum Gasteiger partial charge on any atom is 0.0987 e. The summed E-state index contributed by atoms with van der Waals surface area (Å²) >= 11 is 0. The van der Waals surface area contributed by atoms with E-state index in [-0.39, 0.29) is 12.0 Å². The summed E-state index contributed by atoms with van der Waals surface area (Å²) in [6.07, 6.45) is 5.61. The first-order chi connectivity index (χ1) is 7.47. The molecule has 0 aliphatic carbocycles. The molecular weight excluding hydrogens is 202 g/mol. The van der Waals surface area contributed by atoms with E-state index in [1.807, 2.05) is 19.1 Å². The maximum atomic E-state index is 9.26. The number of likely N-dealkylation sites (tertiary alicyclic amines) is 1. The molecule has 0 saturated carbocycles. The van der Waals surface area contributed by atoms with Crippen molar-refractivity contribution in [3.05, 3.63) is 23.7 Å². The van der Waals surface area contributed by atoms with E-state index >= 15 is 0 Å². The summed E-state index contributed by atoms with van der Waals surface area (Å²) in [5.41, 5.74) is 12.3. The molecule has 1 heterocycles. The van der Waals surface area contributed by atoms with Crippen molar-refractivity contribution >= 4 is 0 Å². The molecule has 0 aromatic rings. The Kier molecular flexibility index (Phi) is 4.24. The van der Waals surface area contributed by atoms with Gasteiger partial charge in [-0.1, -0.05) is 6.92 Å². The lowest BCUT2D eigenvalue weighted by molar-refractivity contribution is 0.0709. The topological polar surface area (TPSA) is 75.5 Å². The van der Waals surface area contributed by atoms with E-state index in [0.717, 1.165) is 37.4 Å². The molecular formula is C12H23N3O. The molecule has 1 aliphatic rings. The van der Waals surface area contributed by atoms with Crippen LogP contribution in [0.25, 0.3) is 0 Å². The van der Waals surface area contributed by atoms with Crippen LogP contribution in [0.3, 0.4) is 0 Å². The summed E-state index contributed by atoms with van der Waals surface area (Å²) in [7, 11) is 0. The SMILES string of the molecule is C/C(N)=C/C=C(\N)N1CCC(C)(CO)CC1. The molecule has 1 fully saturated rings. The zero-order valence-electron chi connectivity index (χ0n) is 10.2. The summed E-state index contributed by atoms with van der Waals surface area (Å²) < 4.78 is 0. The summed E-state index contributed by atoms with van der Waals surface area (Å²) in [5, 5.41) is 9.26. The third kappa shape index (κ3) is 3.45. The Labute approximate surface area is 97.6 Å². The van der Waals surface area contributed by atoms with Gasteiger partial charge in [-0.3, -0.25) is 0 Å². The van der Waals surface area contributed by atoms with Crippen LogP contribution in [0, 0.1) is 5.41 Å². The van der Waals surface area contributed by atoms with Crippen molar-refractivity contribution in [3.8, 4) is 0 Å². The van der Waals surface area contributed by atoms with Crippen LogP contribution in [0.2, 0.25) is 0 Å². The van der Waals surface area contributed by atoms with Gasteiger partial charge in [-0.25, -0.2) is 0 Å². The fourth-order valence-electron chi connectivity index (χ4n) is 1.79. The van der Waals surface area contributed by atoms with Crippen molar-refractivity contribution in [2.75, 3.05) is 19.7 Å². The Balaban J connectivity index is 2.54. The number of rotatable bonds is 3. The monoisotopic (exact) mass is 225 g/mol. The van der Waals surface area contributed by atoms with Gasteiger partial charge in [-0.15, -0.1) is 0 Å². The molecule has 0 radical (unpaired) electrons. The van der Waals surface area contributed by atoms with Crippen LogP contribution in [0.4, 0.5) is 0 Å². The van der Waals surface area contributed by atoms with Crippen LogP contribution in [-0.2, 0) is 0 Å². The van der Waals surface area contributed by atoms with Crippen molar-refractivity contribution in [2.24, 2.45) is 16.9 Å². The number of aliphatic hydroxyl groups excluding tert-OH is 1. The van der Waals surface area contributed by atoms with Gasteiger partial charge in [-0.2, -0.15) is 0 Å². The van der Waals surface area contributed by atoms with Crippen LogP contribution in [-0.4, -0.2) is 29.7 Å².